The number of fused-ring (bicyclic) bond motifs is 1. The Morgan fingerprint density at radius 1 is 1.33 bits per heavy atom. The summed E-state index contributed by atoms with van der Waals surface area (Å²) in [5.41, 5.74) is 7.66. The van der Waals surface area contributed by atoms with Crippen molar-refractivity contribution in [1.82, 2.24) is 18.9 Å². The SMILES string of the molecule is COC(C)C(Cc1ccccc1)Sn1c(=O)[nH]c2c(N)ncnc21. The number of hydrogen-bond donors (Lipinski definition) is 2. The van der Waals surface area contributed by atoms with Gasteiger partial charge in [0.05, 0.1) is 11.4 Å². The number of aromatic nitrogens is 4. The quantitative estimate of drug-likeness (QED) is 0.707. The summed E-state index contributed by atoms with van der Waals surface area (Å²) in [5, 5.41) is 0.0327. The number of imidazole rings is 1. The van der Waals surface area contributed by atoms with Crippen LogP contribution in [0.4, 0.5) is 5.82 Å². The maximum absolute atomic E-state index is 12.3. The number of H-pyrrole nitrogens is 1. The van der Waals surface area contributed by atoms with Crippen LogP contribution >= 0.6 is 11.9 Å². The highest BCUT2D eigenvalue weighted by molar-refractivity contribution is 7.98. The summed E-state index contributed by atoms with van der Waals surface area (Å²) >= 11 is 1.39. The first kappa shape index (κ1) is 16.5. The van der Waals surface area contributed by atoms with Crippen molar-refractivity contribution in [3.63, 3.8) is 0 Å². The highest BCUT2D eigenvalue weighted by Crippen LogP contribution is 2.25. The molecule has 0 amide bonds. The van der Waals surface area contributed by atoms with Crippen LogP contribution in [0.2, 0.25) is 0 Å². The maximum Gasteiger partial charge on any atom is 0.338 e. The molecule has 0 aliphatic rings. The lowest BCUT2D eigenvalue weighted by Gasteiger charge is -2.22. The Balaban J connectivity index is 1.94. The number of ether oxygens (including phenoxy) is 1. The third kappa shape index (κ3) is 3.29. The van der Waals surface area contributed by atoms with E-state index in [0.717, 1.165) is 6.42 Å². The lowest BCUT2D eigenvalue weighted by molar-refractivity contribution is 0.116. The molecule has 0 spiro atoms. The molecule has 8 heteroatoms. The Labute approximate surface area is 143 Å². The molecule has 3 rings (SSSR count). The van der Waals surface area contributed by atoms with E-state index in [-0.39, 0.29) is 22.9 Å². The molecule has 0 saturated carbocycles. The van der Waals surface area contributed by atoms with Gasteiger partial charge in [0.2, 0.25) is 0 Å². The second-order valence-electron chi connectivity index (χ2n) is 5.46. The third-order valence-corrected chi connectivity index (χ3v) is 5.25. The molecular formula is C16H19N5O2S. The Bertz CT molecular complexity index is 877. The van der Waals surface area contributed by atoms with Gasteiger partial charge >= 0.3 is 5.69 Å². The molecule has 0 fully saturated rings. The Morgan fingerprint density at radius 2 is 2.08 bits per heavy atom. The zero-order chi connectivity index (χ0) is 17.1. The van der Waals surface area contributed by atoms with Crippen LogP contribution < -0.4 is 11.4 Å². The van der Waals surface area contributed by atoms with Crippen molar-refractivity contribution < 1.29 is 4.74 Å². The van der Waals surface area contributed by atoms with E-state index in [9.17, 15) is 4.79 Å². The first-order chi connectivity index (χ1) is 11.6. The summed E-state index contributed by atoms with van der Waals surface area (Å²) in [7, 11) is 1.67. The van der Waals surface area contributed by atoms with Crippen molar-refractivity contribution >= 4 is 28.9 Å². The van der Waals surface area contributed by atoms with Crippen molar-refractivity contribution in [2.24, 2.45) is 0 Å². The molecule has 0 bridgehead atoms. The largest absolute Gasteiger partial charge is 0.382 e. The molecule has 0 aliphatic heterocycles. The molecule has 2 atom stereocenters. The monoisotopic (exact) mass is 345 g/mol. The fraction of sp³-hybridized carbons (Fsp3) is 0.312. The van der Waals surface area contributed by atoms with E-state index < -0.39 is 0 Å². The first-order valence-corrected chi connectivity index (χ1v) is 8.39. The van der Waals surface area contributed by atoms with Gasteiger partial charge in [0.1, 0.15) is 11.8 Å². The molecular weight excluding hydrogens is 326 g/mol. The zero-order valence-electron chi connectivity index (χ0n) is 13.5. The Kier molecular flexibility index (Phi) is 4.86. The molecule has 126 valence electrons. The smallest absolute Gasteiger partial charge is 0.338 e. The predicted molar refractivity (Wildman–Crippen MR) is 96.0 cm³/mol. The van der Waals surface area contributed by atoms with Gasteiger partial charge in [-0.25, -0.2) is 18.7 Å². The van der Waals surface area contributed by atoms with Gasteiger partial charge in [0.15, 0.2) is 11.5 Å². The minimum absolute atomic E-state index is 0.0327. The van der Waals surface area contributed by atoms with E-state index in [1.807, 2.05) is 25.1 Å². The van der Waals surface area contributed by atoms with Gasteiger partial charge in [-0.2, -0.15) is 0 Å². The van der Waals surface area contributed by atoms with Crippen molar-refractivity contribution in [3.8, 4) is 0 Å². The topological polar surface area (TPSA) is 98.8 Å². The summed E-state index contributed by atoms with van der Waals surface area (Å²) in [6, 6.07) is 10.1. The Morgan fingerprint density at radius 3 is 2.79 bits per heavy atom. The predicted octanol–water partition coefficient (Wildman–Crippen LogP) is 1.84. The van der Waals surface area contributed by atoms with Crippen LogP contribution in [0.3, 0.4) is 0 Å². The average Bonchev–Trinajstić information content (AvgIpc) is 2.92. The number of nitrogens with two attached hydrogens (primary N) is 1. The van der Waals surface area contributed by atoms with Gasteiger partial charge in [-0.3, -0.25) is 0 Å². The normalized spacial score (nSPS) is 13.9. The standard InChI is InChI=1S/C16H19N5O2S/c1-10(23-2)12(8-11-6-4-3-5-7-11)24-21-15-13(20-16(21)22)14(17)18-9-19-15/h3-7,9-10,12H,8H2,1-2H3,(H,20,22)(H2,17,18,19). The summed E-state index contributed by atoms with van der Waals surface area (Å²) in [4.78, 5) is 23.1. The highest BCUT2D eigenvalue weighted by Gasteiger charge is 2.22. The molecule has 2 heterocycles. The van der Waals surface area contributed by atoms with Gasteiger partial charge < -0.3 is 15.5 Å². The second-order valence-corrected chi connectivity index (χ2v) is 6.64. The van der Waals surface area contributed by atoms with Crippen LogP contribution in [0.5, 0.6) is 0 Å². The molecule has 1 aromatic carbocycles. The average molecular weight is 345 g/mol. The van der Waals surface area contributed by atoms with Crippen LogP contribution in [0.25, 0.3) is 11.2 Å². The number of hydrogen-bond acceptors (Lipinski definition) is 6. The van der Waals surface area contributed by atoms with Crippen molar-refractivity contribution in [3.05, 3.63) is 52.7 Å². The van der Waals surface area contributed by atoms with Crippen molar-refractivity contribution in [2.45, 2.75) is 24.7 Å². The molecule has 0 radical (unpaired) electrons. The molecule has 24 heavy (non-hydrogen) atoms. The van der Waals surface area contributed by atoms with Crippen molar-refractivity contribution in [1.29, 1.82) is 0 Å². The van der Waals surface area contributed by atoms with Gasteiger partial charge in [-0.15, -0.1) is 0 Å². The zero-order valence-corrected chi connectivity index (χ0v) is 14.3. The number of benzene rings is 1. The van der Waals surface area contributed by atoms with Crippen LogP contribution in [-0.2, 0) is 11.2 Å². The lowest BCUT2D eigenvalue weighted by atomic mass is 10.1. The molecule has 3 N–H and O–H groups in total. The van der Waals surface area contributed by atoms with Gasteiger partial charge in [-0.1, -0.05) is 30.3 Å². The van der Waals surface area contributed by atoms with E-state index in [0.29, 0.717) is 11.2 Å². The molecule has 2 unspecified atom stereocenters. The first-order valence-electron chi connectivity index (χ1n) is 7.55. The van der Waals surface area contributed by atoms with E-state index in [1.54, 1.807) is 7.11 Å². The minimum atomic E-state index is -0.274. The number of rotatable bonds is 6. The fourth-order valence-electron chi connectivity index (χ4n) is 2.44. The van der Waals surface area contributed by atoms with Gasteiger partial charge in [0, 0.05) is 7.11 Å². The van der Waals surface area contributed by atoms with Crippen molar-refractivity contribution in [2.75, 3.05) is 12.8 Å². The highest BCUT2D eigenvalue weighted by atomic mass is 32.2. The van der Waals surface area contributed by atoms with Gasteiger partial charge in [-0.05, 0) is 30.9 Å². The van der Waals surface area contributed by atoms with E-state index >= 15 is 0 Å². The third-order valence-electron chi connectivity index (χ3n) is 3.88. The minimum Gasteiger partial charge on any atom is -0.382 e. The molecule has 0 saturated heterocycles. The van der Waals surface area contributed by atoms with E-state index in [2.05, 4.69) is 27.1 Å². The van der Waals surface area contributed by atoms with E-state index in [1.165, 1.54) is 27.8 Å². The summed E-state index contributed by atoms with van der Waals surface area (Å²) < 4.78 is 7.03. The van der Waals surface area contributed by atoms with E-state index in [4.69, 9.17) is 10.5 Å². The lowest BCUT2D eigenvalue weighted by Crippen LogP contribution is -2.28. The molecule has 2 aromatic heterocycles. The summed E-state index contributed by atoms with van der Waals surface area (Å²) in [5.74, 6) is 0.260. The number of nitrogens with zero attached hydrogens (tertiary/aromatic N) is 3. The summed E-state index contributed by atoms with van der Waals surface area (Å²) in [6.45, 7) is 1.99. The number of aromatic amines is 1. The van der Waals surface area contributed by atoms with Crippen LogP contribution in [0.1, 0.15) is 12.5 Å². The van der Waals surface area contributed by atoms with Crippen LogP contribution in [0, 0.1) is 0 Å². The van der Waals surface area contributed by atoms with Gasteiger partial charge in [0.25, 0.3) is 0 Å². The van der Waals surface area contributed by atoms with Crippen LogP contribution in [-0.4, -0.2) is 37.4 Å². The number of nitrogen functional groups attached to an aromatic ring is 1. The Hall–Kier alpha value is -2.32. The maximum atomic E-state index is 12.3. The number of nitrogens with one attached hydrogen (secondary N) is 1. The fourth-order valence-corrected chi connectivity index (χ4v) is 3.64. The number of anilines is 1. The molecule has 0 aliphatic carbocycles. The summed E-state index contributed by atoms with van der Waals surface area (Å²) in [6.07, 6.45) is 2.07. The molecule has 7 nitrogen and oxygen atoms in total. The van der Waals surface area contributed by atoms with Crippen LogP contribution in [0.15, 0.2) is 41.5 Å². The number of methoxy groups -OCH3 is 1. The molecule has 3 aromatic rings. The second kappa shape index (κ2) is 7.06.